The molecule has 3 heterocycles. The molecule has 1 aromatic carbocycles. The van der Waals surface area contributed by atoms with Gasteiger partial charge in [-0.2, -0.15) is 0 Å². The highest BCUT2D eigenvalue weighted by Gasteiger charge is 2.13. The first-order chi connectivity index (χ1) is 12.7. The van der Waals surface area contributed by atoms with Crippen LogP contribution in [0.3, 0.4) is 0 Å². The summed E-state index contributed by atoms with van der Waals surface area (Å²) in [5.41, 5.74) is 9.28. The fourth-order valence-electron chi connectivity index (χ4n) is 2.69. The Labute approximate surface area is 150 Å². The van der Waals surface area contributed by atoms with Crippen LogP contribution in [0.4, 0.5) is 5.69 Å². The van der Waals surface area contributed by atoms with Gasteiger partial charge < -0.3 is 14.7 Å². The summed E-state index contributed by atoms with van der Waals surface area (Å²) in [6.07, 6.45) is 6.37. The highest BCUT2D eigenvalue weighted by atomic mass is 16.4. The molecule has 4 rings (SSSR count). The van der Waals surface area contributed by atoms with Gasteiger partial charge in [-0.1, -0.05) is 6.92 Å². The molecule has 0 aliphatic carbocycles. The summed E-state index contributed by atoms with van der Waals surface area (Å²) in [6, 6.07) is 11.4. The van der Waals surface area contributed by atoms with Crippen molar-refractivity contribution < 1.29 is 4.42 Å². The van der Waals surface area contributed by atoms with Gasteiger partial charge in [0.05, 0.1) is 0 Å². The van der Waals surface area contributed by atoms with Crippen molar-refractivity contribution in [3.05, 3.63) is 66.4 Å². The number of nitrogens with two attached hydrogens (primary N) is 1. The molecule has 7 heteroatoms. The number of aryl methyl sites for hydroxylation is 1. The standard InChI is InChI=1S/C19H18N6O/c1-2-13-7-8-21-16(11-13)18-22-9-10-25(18)12-17-23-24-19(26-17)14-3-5-15(20)6-4-14/h3-11H,2,12,20H2,1H3. The van der Waals surface area contributed by atoms with Gasteiger partial charge in [0.25, 0.3) is 0 Å². The predicted octanol–water partition coefficient (Wildman–Crippen LogP) is 3.19. The van der Waals surface area contributed by atoms with Crippen LogP contribution in [0.1, 0.15) is 18.4 Å². The molecule has 0 fully saturated rings. The third kappa shape index (κ3) is 3.19. The molecule has 0 saturated carbocycles. The molecule has 26 heavy (non-hydrogen) atoms. The number of nitrogens with zero attached hydrogens (tertiary/aromatic N) is 5. The Hall–Kier alpha value is -3.48. The molecule has 0 amide bonds. The predicted molar refractivity (Wildman–Crippen MR) is 98.1 cm³/mol. The summed E-state index contributed by atoms with van der Waals surface area (Å²) in [7, 11) is 0. The summed E-state index contributed by atoms with van der Waals surface area (Å²) >= 11 is 0. The molecule has 4 aromatic rings. The van der Waals surface area contributed by atoms with Crippen molar-refractivity contribution in [3.63, 3.8) is 0 Å². The molecule has 7 nitrogen and oxygen atoms in total. The number of nitrogen functional groups attached to an aromatic ring is 1. The van der Waals surface area contributed by atoms with E-state index < -0.39 is 0 Å². The van der Waals surface area contributed by atoms with Crippen LogP contribution in [0.15, 0.2) is 59.4 Å². The molecule has 0 aliphatic rings. The maximum Gasteiger partial charge on any atom is 0.247 e. The van der Waals surface area contributed by atoms with Gasteiger partial charge >= 0.3 is 0 Å². The van der Waals surface area contributed by atoms with Gasteiger partial charge in [-0.15, -0.1) is 10.2 Å². The van der Waals surface area contributed by atoms with Crippen molar-refractivity contribution in [2.24, 2.45) is 0 Å². The lowest BCUT2D eigenvalue weighted by Gasteiger charge is -2.06. The molecular weight excluding hydrogens is 328 g/mol. The third-order valence-electron chi connectivity index (χ3n) is 4.11. The van der Waals surface area contributed by atoms with E-state index in [1.807, 2.05) is 35.0 Å². The van der Waals surface area contributed by atoms with Crippen LogP contribution in [-0.2, 0) is 13.0 Å². The van der Waals surface area contributed by atoms with Gasteiger partial charge in [0.2, 0.25) is 11.8 Å². The van der Waals surface area contributed by atoms with Crippen LogP contribution in [0.5, 0.6) is 0 Å². The van der Waals surface area contributed by atoms with Gasteiger partial charge in [-0.25, -0.2) is 4.98 Å². The number of pyridine rings is 1. The van der Waals surface area contributed by atoms with E-state index in [1.54, 1.807) is 24.5 Å². The second kappa shape index (κ2) is 6.79. The lowest BCUT2D eigenvalue weighted by Crippen LogP contribution is -2.02. The van der Waals surface area contributed by atoms with Crippen LogP contribution >= 0.6 is 0 Å². The first kappa shape index (κ1) is 16.0. The molecule has 0 saturated heterocycles. The molecule has 0 spiro atoms. The number of benzene rings is 1. The minimum atomic E-state index is 0.426. The molecule has 0 unspecified atom stereocenters. The van der Waals surface area contributed by atoms with E-state index in [4.69, 9.17) is 10.2 Å². The van der Waals surface area contributed by atoms with Crippen LogP contribution in [0.2, 0.25) is 0 Å². The van der Waals surface area contributed by atoms with Crippen molar-refractivity contribution in [3.8, 4) is 23.0 Å². The van der Waals surface area contributed by atoms with Crippen LogP contribution in [-0.4, -0.2) is 24.7 Å². The Morgan fingerprint density at radius 3 is 2.69 bits per heavy atom. The molecule has 0 aliphatic heterocycles. The molecule has 3 aromatic heterocycles. The largest absolute Gasteiger partial charge is 0.419 e. The van der Waals surface area contributed by atoms with Gasteiger partial charge in [0, 0.05) is 29.8 Å². The number of anilines is 1. The Morgan fingerprint density at radius 2 is 1.88 bits per heavy atom. The zero-order chi connectivity index (χ0) is 17.9. The molecule has 2 N–H and O–H groups in total. The van der Waals surface area contributed by atoms with Crippen LogP contribution in [0.25, 0.3) is 23.0 Å². The Morgan fingerprint density at radius 1 is 1.04 bits per heavy atom. The molecule has 0 bridgehead atoms. The second-order valence-corrected chi connectivity index (χ2v) is 5.90. The van der Waals surface area contributed by atoms with Gasteiger partial charge in [0.15, 0.2) is 5.82 Å². The molecular formula is C19H18N6O. The Kier molecular flexibility index (Phi) is 4.18. The minimum absolute atomic E-state index is 0.426. The number of hydrogen-bond donors (Lipinski definition) is 1. The molecule has 130 valence electrons. The number of aromatic nitrogens is 5. The highest BCUT2D eigenvalue weighted by Crippen LogP contribution is 2.21. The smallest absolute Gasteiger partial charge is 0.247 e. The number of rotatable bonds is 5. The van der Waals surface area contributed by atoms with E-state index >= 15 is 0 Å². The van der Waals surface area contributed by atoms with Crippen molar-refractivity contribution in [2.75, 3.05) is 5.73 Å². The average Bonchev–Trinajstić information content (AvgIpc) is 3.32. The minimum Gasteiger partial charge on any atom is -0.419 e. The SMILES string of the molecule is CCc1ccnc(-c2nccn2Cc2nnc(-c3ccc(N)cc3)o2)c1. The lowest BCUT2D eigenvalue weighted by molar-refractivity contribution is 0.489. The first-order valence-electron chi connectivity index (χ1n) is 8.37. The maximum absolute atomic E-state index is 5.79. The number of imidazole rings is 1. The highest BCUT2D eigenvalue weighted by molar-refractivity contribution is 5.56. The zero-order valence-corrected chi connectivity index (χ0v) is 14.3. The Bertz CT molecular complexity index is 1020. The van der Waals surface area contributed by atoms with Crippen molar-refractivity contribution in [2.45, 2.75) is 19.9 Å². The summed E-state index contributed by atoms with van der Waals surface area (Å²) in [6.45, 7) is 2.54. The second-order valence-electron chi connectivity index (χ2n) is 5.90. The van der Waals surface area contributed by atoms with E-state index in [0.29, 0.717) is 24.0 Å². The lowest BCUT2D eigenvalue weighted by atomic mass is 10.2. The summed E-state index contributed by atoms with van der Waals surface area (Å²) < 4.78 is 7.73. The normalized spacial score (nSPS) is 11.0. The summed E-state index contributed by atoms with van der Waals surface area (Å²) in [5, 5.41) is 8.26. The fraction of sp³-hybridized carbons (Fsp3) is 0.158. The average molecular weight is 346 g/mol. The van der Waals surface area contributed by atoms with Crippen molar-refractivity contribution in [1.82, 2.24) is 24.7 Å². The quantitative estimate of drug-likeness (QED) is 0.558. The molecule has 0 radical (unpaired) electrons. The maximum atomic E-state index is 5.79. The van der Waals surface area contributed by atoms with E-state index in [1.165, 1.54) is 5.56 Å². The van der Waals surface area contributed by atoms with E-state index in [-0.39, 0.29) is 0 Å². The van der Waals surface area contributed by atoms with E-state index in [2.05, 4.69) is 27.1 Å². The van der Waals surface area contributed by atoms with Crippen molar-refractivity contribution >= 4 is 5.69 Å². The zero-order valence-electron chi connectivity index (χ0n) is 14.3. The third-order valence-corrected chi connectivity index (χ3v) is 4.11. The summed E-state index contributed by atoms with van der Waals surface area (Å²) in [4.78, 5) is 8.86. The van der Waals surface area contributed by atoms with Crippen LogP contribution < -0.4 is 5.73 Å². The molecule has 0 atom stereocenters. The van der Waals surface area contributed by atoms with Crippen LogP contribution in [0, 0.1) is 0 Å². The van der Waals surface area contributed by atoms with Gasteiger partial charge in [-0.05, 0) is 48.4 Å². The number of hydrogen-bond acceptors (Lipinski definition) is 6. The summed E-state index contributed by atoms with van der Waals surface area (Å²) in [5.74, 6) is 1.74. The Balaban J connectivity index is 1.59. The van der Waals surface area contributed by atoms with Crippen molar-refractivity contribution in [1.29, 1.82) is 0 Å². The van der Waals surface area contributed by atoms with Gasteiger partial charge in [-0.3, -0.25) is 4.98 Å². The fourth-order valence-corrected chi connectivity index (χ4v) is 2.69. The van der Waals surface area contributed by atoms with E-state index in [0.717, 1.165) is 23.5 Å². The van der Waals surface area contributed by atoms with Gasteiger partial charge in [0.1, 0.15) is 12.2 Å². The monoisotopic (exact) mass is 346 g/mol. The van der Waals surface area contributed by atoms with E-state index in [9.17, 15) is 0 Å². The topological polar surface area (TPSA) is 95.7 Å². The first-order valence-corrected chi connectivity index (χ1v) is 8.37.